The van der Waals surface area contributed by atoms with Gasteiger partial charge in [-0.1, -0.05) is 30.9 Å². The van der Waals surface area contributed by atoms with Crippen LogP contribution in [0.15, 0.2) is 42.5 Å². The van der Waals surface area contributed by atoms with Crippen molar-refractivity contribution in [2.45, 2.75) is 22.1 Å². The summed E-state index contributed by atoms with van der Waals surface area (Å²) in [6, 6.07) is 3.20. The summed E-state index contributed by atoms with van der Waals surface area (Å²) >= 11 is 13.1. The van der Waals surface area contributed by atoms with Crippen LogP contribution in [0.3, 0.4) is 0 Å². The molecule has 34 heavy (non-hydrogen) atoms. The highest BCUT2D eigenvalue weighted by Crippen LogP contribution is 2.61. The van der Waals surface area contributed by atoms with E-state index >= 15 is 0 Å². The molecule has 1 aliphatic heterocycles. The van der Waals surface area contributed by atoms with Crippen molar-refractivity contribution in [3.8, 4) is 5.75 Å². The Morgan fingerprint density at radius 1 is 0.971 bits per heavy atom. The van der Waals surface area contributed by atoms with Crippen LogP contribution in [0.2, 0.25) is 0 Å². The Bertz CT molecular complexity index is 1300. The van der Waals surface area contributed by atoms with Crippen molar-refractivity contribution in [3.05, 3.63) is 83.0 Å². The Morgan fingerprint density at radius 3 is 2.09 bits per heavy atom. The van der Waals surface area contributed by atoms with Crippen LogP contribution in [0.1, 0.15) is 17.9 Å². The highest BCUT2D eigenvalue weighted by atomic mass is 35.5. The summed E-state index contributed by atoms with van der Waals surface area (Å²) in [6.07, 6.45) is 1.93. The number of hydrogen-bond acceptors (Lipinski definition) is 3. The molecule has 12 heteroatoms. The molecule has 3 unspecified atom stereocenters. The van der Waals surface area contributed by atoms with Crippen molar-refractivity contribution in [2.24, 2.45) is 0 Å². The summed E-state index contributed by atoms with van der Waals surface area (Å²) in [5.41, 5.74) is -2.10. The minimum atomic E-state index is -2.69. The summed E-state index contributed by atoms with van der Waals surface area (Å²) < 4.78 is 84.4. The van der Waals surface area contributed by atoms with E-state index in [2.05, 4.69) is 6.58 Å². The van der Waals surface area contributed by atoms with E-state index < -0.39 is 80.2 Å². The number of imide groups is 1. The average molecular weight is 522 g/mol. The van der Waals surface area contributed by atoms with Gasteiger partial charge in [0.2, 0.25) is 5.82 Å². The molecule has 2 aliphatic rings. The van der Waals surface area contributed by atoms with Gasteiger partial charge in [-0.2, -0.15) is 0 Å². The van der Waals surface area contributed by atoms with Crippen molar-refractivity contribution in [2.75, 3.05) is 4.90 Å². The number of phenolic OH excluding ortho intramolecular Hbond substituents is 1. The molecule has 3 atom stereocenters. The predicted molar refractivity (Wildman–Crippen MR) is 110 cm³/mol. The topological polar surface area (TPSA) is 57.6 Å². The number of benzene rings is 2. The third-order valence-electron chi connectivity index (χ3n) is 5.96. The first-order valence-electron chi connectivity index (χ1n) is 9.42. The van der Waals surface area contributed by atoms with Crippen molar-refractivity contribution >= 4 is 40.7 Å². The van der Waals surface area contributed by atoms with Gasteiger partial charge < -0.3 is 5.11 Å². The second-order valence-corrected chi connectivity index (χ2v) is 8.84. The SMILES string of the molecule is C=CC1=CCC2(Cl)C(=O)N(c3c(F)c(F)c(F)c(F)c3F)C(=O)C2(Cl)C1c1cccc(F)c1O. The van der Waals surface area contributed by atoms with Gasteiger partial charge in [-0.05, 0) is 18.1 Å². The van der Waals surface area contributed by atoms with E-state index in [-0.39, 0.29) is 16.0 Å². The molecule has 2 aromatic carbocycles. The number of carbonyl (C=O) groups excluding carboxylic acids is 2. The molecule has 0 aromatic heterocycles. The molecule has 0 radical (unpaired) electrons. The Balaban J connectivity index is 2.02. The Kier molecular flexibility index (Phi) is 5.52. The zero-order valence-electron chi connectivity index (χ0n) is 16.6. The van der Waals surface area contributed by atoms with E-state index in [0.29, 0.717) is 0 Å². The molecule has 178 valence electrons. The van der Waals surface area contributed by atoms with Crippen molar-refractivity contribution in [3.63, 3.8) is 0 Å². The van der Waals surface area contributed by atoms with Gasteiger partial charge >= 0.3 is 0 Å². The first-order valence-corrected chi connectivity index (χ1v) is 10.2. The maximum atomic E-state index is 14.5. The average Bonchev–Trinajstić information content (AvgIpc) is 2.96. The number of halogens is 8. The van der Waals surface area contributed by atoms with Crippen molar-refractivity contribution in [1.29, 1.82) is 0 Å². The molecule has 4 rings (SSSR count). The number of amides is 2. The number of allylic oxidation sites excluding steroid dienone is 3. The monoisotopic (exact) mass is 521 g/mol. The lowest BCUT2D eigenvalue weighted by Gasteiger charge is -2.42. The standard InChI is InChI=1S/C22H11Cl2F6NO3/c1-2-8-6-7-21(23)19(33)31(17-15(29)13(27)12(26)14(28)16(17)30)20(34)22(21,24)11(8)9-4-3-5-10(25)18(9)32/h2-6,11,32H,1,7H2. The van der Waals surface area contributed by atoms with E-state index in [1.807, 2.05) is 0 Å². The molecule has 2 amide bonds. The lowest BCUT2D eigenvalue weighted by atomic mass is 9.68. The zero-order valence-corrected chi connectivity index (χ0v) is 18.1. The largest absolute Gasteiger partial charge is 0.505 e. The van der Waals surface area contributed by atoms with Gasteiger partial charge in [0.25, 0.3) is 11.8 Å². The minimum Gasteiger partial charge on any atom is -0.505 e. The van der Waals surface area contributed by atoms with Crippen LogP contribution >= 0.6 is 23.2 Å². The molecule has 1 aliphatic carbocycles. The van der Waals surface area contributed by atoms with Crippen molar-refractivity contribution in [1.82, 2.24) is 0 Å². The maximum absolute atomic E-state index is 14.5. The van der Waals surface area contributed by atoms with E-state index in [0.717, 1.165) is 18.2 Å². The van der Waals surface area contributed by atoms with Gasteiger partial charge in [-0.25, -0.2) is 31.2 Å². The van der Waals surface area contributed by atoms with Gasteiger partial charge in [0.05, 0.1) is 0 Å². The van der Waals surface area contributed by atoms with Crippen LogP contribution in [0, 0.1) is 34.9 Å². The number of carbonyl (C=O) groups is 2. The third-order valence-corrected chi connectivity index (χ3v) is 7.37. The highest BCUT2D eigenvalue weighted by Gasteiger charge is 2.74. The third kappa shape index (κ3) is 2.81. The quantitative estimate of drug-likeness (QED) is 0.194. The minimum absolute atomic E-state index is 0.0904. The summed E-state index contributed by atoms with van der Waals surface area (Å²) in [6.45, 7) is 3.55. The molecule has 0 saturated carbocycles. The summed E-state index contributed by atoms with van der Waals surface area (Å²) in [5.74, 6) is -19.1. The number of anilines is 1. The molecule has 1 heterocycles. The number of alkyl halides is 2. The van der Waals surface area contributed by atoms with Gasteiger partial charge in [0, 0.05) is 11.5 Å². The van der Waals surface area contributed by atoms with E-state index in [4.69, 9.17) is 23.2 Å². The number of aromatic hydroxyl groups is 1. The number of phenols is 1. The Labute approximate surface area is 197 Å². The molecule has 1 fully saturated rings. The van der Waals surface area contributed by atoms with E-state index in [9.17, 15) is 41.0 Å². The van der Waals surface area contributed by atoms with E-state index in [1.54, 1.807) is 0 Å². The molecule has 2 aromatic rings. The smallest absolute Gasteiger partial charge is 0.258 e. The molecular formula is C22H11Cl2F6NO3. The summed E-state index contributed by atoms with van der Waals surface area (Å²) in [5, 5.41) is 10.3. The molecule has 0 bridgehead atoms. The highest BCUT2D eigenvalue weighted by molar-refractivity contribution is 6.58. The fourth-order valence-electron chi connectivity index (χ4n) is 4.30. The molecule has 0 spiro atoms. The number of fused-ring (bicyclic) bond motifs is 1. The second-order valence-electron chi connectivity index (χ2n) is 7.60. The fraction of sp³-hybridized carbons (Fsp3) is 0.182. The van der Waals surface area contributed by atoms with Gasteiger partial charge in [-0.3, -0.25) is 9.59 Å². The van der Waals surface area contributed by atoms with Crippen LogP contribution in [0.4, 0.5) is 32.0 Å². The van der Waals surface area contributed by atoms with E-state index in [1.165, 1.54) is 12.2 Å². The number of rotatable bonds is 3. The molecule has 4 nitrogen and oxygen atoms in total. The van der Waals surface area contributed by atoms with Gasteiger partial charge in [0.15, 0.2) is 44.6 Å². The first kappa shape index (κ1) is 24.2. The number of hydrogen-bond donors (Lipinski definition) is 1. The molecule has 1 N–H and O–H groups in total. The zero-order chi connectivity index (χ0) is 25.3. The van der Waals surface area contributed by atoms with Crippen LogP contribution in [0.25, 0.3) is 0 Å². The van der Waals surface area contributed by atoms with Gasteiger partial charge in [0.1, 0.15) is 5.69 Å². The normalized spacial score (nSPS) is 26.5. The maximum Gasteiger partial charge on any atom is 0.258 e. The van der Waals surface area contributed by atoms with Crippen LogP contribution in [-0.2, 0) is 9.59 Å². The van der Waals surface area contributed by atoms with Crippen molar-refractivity contribution < 1.29 is 41.0 Å². The second kappa shape index (κ2) is 7.78. The van der Waals surface area contributed by atoms with Gasteiger partial charge in [-0.15, -0.1) is 23.2 Å². The molecular weight excluding hydrogens is 511 g/mol. The summed E-state index contributed by atoms with van der Waals surface area (Å²) in [7, 11) is 0. The summed E-state index contributed by atoms with van der Waals surface area (Å²) in [4.78, 5) is 21.2. The first-order chi connectivity index (χ1) is 15.8. The number of nitrogens with zero attached hydrogens (tertiary/aromatic N) is 1. The number of para-hydroxylation sites is 1. The van der Waals surface area contributed by atoms with Crippen LogP contribution < -0.4 is 4.90 Å². The lowest BCUT2D eigenvalue weighted by molar-refractivity contribution is -0.122. The predicted octanol–water partition coefficient (Wildman–Crippen LogP) is 5.36. The molecule has 1 saturated heterocycles. The van der Waals surface area contributed by atoms with Crippen LogP contribution in [0.5, 0.6) is 5.75 Å². The fourth-order valence-corrected chi connectivity index (χ4v) is 5.14. The van der Waals surface area contributed by atoms with Crippen LogP contribution in [-0.4, -0.2) is 26.7 Å². The Hall–Kier alpha value is -2.98. The Morgan fingerprint density at radius 2 is 1.53 bits per heavy atom. The lowest BCUT2D eigenvalue weighted by Crippen LogP contribution is -2.54.